The highest BCUT2D eigenvalue weighted by atomic mass is 16.3. The van der Waals surface area contributed by atoms with Crippen molar-refractivity contribution >= 4 is 0 Å². The molecule has 0 aliphatic carbocycles. The fourth-order valence-electron chi connectivity index (χ4n) is 3.07. The SMILES string of the molecule is CCC(NCCCN1CCC(C)CC1)c1ccc(O)cc1. The smallest absolute Gasteiger partial charge is 0.115 e. The first-order valence-corrected chi connectivity index (χ1v) is 8.43. The van der Waals surface area contributed by atoms with Gasteiger partial charge in [-0.05, 0) is 75.5 Å². The van der Waals surface area contributed by atoms with E-state index < -0.39 is 0 Å². The summed E-state index contributed by atoms with van der Waals surface area (Å²) in [5.41, 5.74) is 1.27. The summed E-state index contributed by atoms with van der Waals surface area (Å²) >= 11 is 0. The van der Waals surface area contributed by atoms with Gasteiger partial charge in [-0.15, -0.1) is 0 Å². The Labute approximate surface area is 129 Å². The third kappa shape index (κ3) is 5.33. The first kappa shape index (κ1) is 16.3. The van der Waals surface area contributed by atoms with Crippen LogP contribution >= 0.6 is 0 Å². The molecule has 1 atom stereocenters. The van der Waals surface area contributed by atoms with Crippen LogP contribution in [0, 0.1) is 5.92 Å². The van der Waals surface area contributed by atoms with Gasteiger partial charge < -0.3 is 15.3 Å². The zero-order chi connectivity index (χ0) is 15.1. The predicted octanol–water partition coefficient (Wildman–Crippen LogP) is 3.55. The van der Waals surface area contributed by atoms with E-state index in [1.807, 2.05) is 12.1 Å². The number of piperidine rings is 1. The zero-order valence-electron chi connectivity index (χ0n) is 13.5. The van der Waals surface area contributed by atoms with Gasteiger partial charge in [0.1, 0.15) is 5.75 Å². The molecule has 0 radical (unpaired) electrons. The maximum absolute atomic E-state index is 9.36. The Morgan fingerprint density at radius 1 is 1.24 bits per heavy atom. The minimum atomic E-state index is 0.341. The number of likely N-dealkylation sites (tertiary alicyclic amines) is 1. The molecule has 0 aromatic heterocycles. The van der Waals surface area contributed by atoms with E-state index in [4.69, 9.17) is 0 Å². The molecule has 118 valence electrons. The van der Waals surface area contributed by atoms with Crippen molar-refractivity contribution in [1.82, 2.24) is 10.2 Å². The second-order valence-corrected chi connectivity index (χ2v) is 6.38. The number of nitrogens with one attached hydrogen (secondary N) is 1. The van der Waals surface area contributed by atoms with Gasteiger partial charge in [0.15, 0.2) is 0 Å². The standard InChI is InChI=1S/C18H30N2O/c1-3-18(16-5-7-17(21)8-6-16)19-11-4-12-20-13-9-15(2)10-14-20/h5-8,15,18-19,21H,3-4,9-14H2,1-2H3. The molecule has 21 heavy (non-hydrogen) atoms. The van der Waals surface area contributed by atoms with E-state index in [-0.39, 0.29) is 0 Å². The Kier molecular flexibility index (Phi) is 6.52. The summed E-state index contributed by atoms with van der Waals surface area (Å²) in [5, 5.41) is 13.0. The first-order valence-electron chi connectivity index (χ1n) is 8.43. The van der Waals surface area contributed by atoms with Crippen LogP contribution in [0.1, 0.15) is 51.1 Å². The molecule has 1 fully saturated rings. The minimum Gasteiger partial charge on any atom is -0.508 e. The number of aromatic hydroxyl groups is 1. The second-order valence-electron chi connectivity index (χ2n) is 6.38. The molecule has 0 bridgehead atoms. The molecule has 3 heteroatoms. The summed E-state index contributed by atoms with van der Waals surface area (Å²) in [6, 6.07) is 7.97. The van der Waals surface area contributed by atoms with E-state index in [0.29, 0.717) is 11.8 Å². The Morgan fingerprint density at radius 2 is 1.90 bits per heavy atom. The lowest BCUT2D eigenvalue weighted by molar-refractivity contribution is 0.189. The molecule has 2 N–H and O–H groups in total. The normalized spacial score (nSPS) is 18.8. The molecule has 1 aliphatic rings. The Hall–Kier alpha value is -1.06. The molecule has 0 saturated carbocycles. The lowest BCUT2D eigenvalue weighted by Crippen LogP contribution is -2.35. The van der Waals surface area contributed by atoms with Gasteiger partial charge in [-0.2, -0.15) is 0 Å². The molecular formula is C18H30N2O. The average Bonchev–Trinajstić information content (AvgIpc) is 2.50. The summed E-state index contributed by atoms with van der Waals surface area (Å²) in [4.78, 5) is 2.60. The van der Waals surface area contributed by atoms with Crippen LogP contribution in [0.2, 0.25) is 0 Å². The van der Waals surface area contributed by atoms with E-state index in [1.165, 1.54) is 44.5 Å². The molecule has 2 rings (SSSR count). The van der Waals surface area contributed by atoms with Gasteiger partial charge in [-0.3, -0.25) is 0 Å². The van der Waals surface area contributed by atoms with Crippen molar-refractivity contribution in [3.05, 3.63) is 29.8 Å². The molecule has 1 saturated heterocycles. The highest BCUT2D eigenvalue weighted by molar-refractivity contribution is 5.27. The summed E-state index contributed by atoms with van der Waals surface area (Å²) < 4.78 is 0. The van der Waals surface area contributed by atoms with Crippen molar-refractivity contribution in [3.8, 4) is 5.75 Å². The fraction of sp³-hybridized carbons (Fsp3) is 0.667. The summed E-state index contributed by atoms with van der Waals surface area (Å²) in [7, 11) is 0. The van der Waals surface area contributed by atoms with E-state index in [9.17, 15) is 5.11 Å². The quantitative estimate of drug-likeness (QED) is 0.754. The van der Waals surface area contributed by atoms with Crippen molar-refractivity contribution in [3.63, 3.8) is 0 Å². The van der Waals surface area contributed by atoms with E-state index in [0.717, 1.165) is 18.9 Å². The van der Waals surface area contributed by atoms with Crippen LogP contribution in [0.25, 0.3) is 0 Å². The largest absolute Gasteiger partial charge is 0.508 e. The molecule has 1 aromatic rings. The third-order valence-electron chi connectivity index (χ3n) is 4.62. The maximum atomic E-state index is 9.36. The zero-order valence-corrected chi connectivity index (χ0v) is 13.5. The van der Waals surface area contributed by atoms with Gasteiger partial charge in [0.05, 0.1) is 0 Å². The number of phenols is 1. The summed E-state index contributed by atoms with van der Waals surface area (Å²) in [6.07, 6.45) is 5.01. The summed E-state index contributed by atoms with van der Waals surface area (Å²) in [5.74, 6) is 1.26. The van der Waals surface area contributed by atoms with E-state index >= 15 is 0 Å². The van der Waals surface area contributed by atoms with Gasteiger partial charge in [0, 0.05) is 6.04 Å². The van der Waals surface area contributed by atoms with Gasteiger partial charge in [-0.25, -0.2) is 0 Å². The van der Waals surface area contributed by atoms with Crippen molar-refractivity contribution < 1.29 is 5.11 Å². The Bertz CT molecular complexity index is 396. The van der Waals surface area contributed by atoms with Crippen LogP contribution < -0.4 is 5.32 Å². The Balaban J connectivity index is 1.67. The minimum absolute atomic E-state index is 0.341. The van der Waals surface area contributed by atoms with Crippen LogP contribution in [-0.4, -0.2) is 36.2 Å². The number of phenolic OH excluding ortho intramolecular Hbond substituents is 1. The third-order valence-corrected chi connectivity index (χ3v) is 4.62. The summed E-state index contributed by atoms with van der Waals surface area (Å²) in [6.45, 7) is 9.39. The number of hydrogen-bond acceptors (Lipinski definition) is 3. The van der Waals surface area contributed by atoms with Crippen LogP contribution in [-0.2, 0) is 0 Å². The highest BCUT2D eigenvalue weighted by Gasteiger charge is 2.15. The lowest BCUT2D eigenvalue weighted by atomic mass is 9.99. The van der Waals surface area contributed by atoms with Crippen LogP contribution in [0.15, 0.2) is 24.3 Å². The average molecular weight is 290 g/mol. The fourth-order valence-corrected chi connectivity index (χ4v) is 3.07. The Morgan fingerprint density at radius 3 is 2.52 bits per heavy atom. The van der Waals surface area contributed by atoms with Gasteiger partial charge in [0.25, 0.3) is 0 Å². The van der Waals surface area contributed by atoms with Gasteiger partial charge >= 0.3 is 0 Å². The first-order chi connectivity index (χ1) is 10.2. The van der Waals surface area contributed by atoms with Crippen LogP contribution in [0.3, 0.4) is 0 Å². The van der Waals surface area contributed by atoms with Crippen molar-refractivity contribution in [1.29, 1.82) is 0 Å². The van der Waals surface area contributed by atoms with Crippen LogP contribution in [0.4, 0.5) is 0 Å². The monoisotopic (exact) mass is 290 g/mol. The number of hydrogen-bond donors (Lipinski definition) is 2. The van der Waals surface area contributed by atoms with Crippen LogP contribution in [0.5, 0.6) is 5.75 Å². The van der Waals surface area contributed by atoms with Crippen molar-refractivity contribution in [2.24, 2.45) is 5.92 Å². The molecule has 1 heterocycles. The molecule has 0 spiro atoms. The molecule has 1 unspecified atom stereocenters. The van der Waals surface area contributed by atoms with Crippen molar-refractivity contribution in [2.75, 3.05) is 26.2 Å². The molecule has 3 nitrogen and oxygen atoms in total. The topological polar surface area (TPSA) is 35.5 Å². The molecular weight excluding hydrogens is 260 g/mol. The number of nitrogens with zero attached hydrogens (tertiary/aromatic N) is 1. The molecule has 0 amide bonds. The lowest BCUT2D eigenvalue weighted by Gasteiger charge is -2.30. The van der Waals surface area contributed by atoms with E-state index in [1.54, 1.807) is 12.1 Å². The predicted molar refractivity (Wildman–Crippen MR) is 88.6 cm³/mol. The number of benzene rings is 1. The van der Waals surface area contributed by atoms with Crippen molar-refractivity contribution in [2.45, 2.75) is 45.6 Å². The van der Waals surface area contributed by atoms with Gasteiger partial charge in [-0.1, -0.05) is 26.0 Å². The molecule has 1 aromatic carbocycles. The van der Waals surface area contributed by atoms with E-state index in [2.05, 4.69) is 24.1 Å². The highest BCUT2D eigenvalue weighted by Crippen LogP contribution is 2.19. The molecule has 1 aliphatic heterocycles. The number of rotatable bonds is 7. The maximum Gasteiger partial charge on any atom is 0.115 e. The van der Waals surface area contributed by atoms with Gasteiger partial charge in [0.2, 0.25) is 0 Å². The second kappa shape index (κ2) is 8.40.